The predicted molar refractivity (Wildman–Crippen MR) is 117 cm³/mol. The van der Waals surface area contributed by atoms with Gasteiger partial charge in [-0.3, -0.25) is 14.5 Å². The number of rotatable bonds is 5. The highest BCUT2D eigenvalue weighted by Crippen LogP contribution is 2.40. The molecule has 1 aromatic carbocycles. The van der Waals surface area contributed by atoms with Crippen LogP contribution in [0.1, 0.15) is 64.9 Å². The Labute approximate surface area is 175 Å². The van der Waals surface area contributed by atoms with Crippen molar-refractivity contribution in [3.05, 3.63) is 29.8 Å². The van der Waals surface area contributed by atoms with E-state index in [0.717, 1.165) is 69.8 Å². The molecule has 5 nitrogen and oxygen atoms in total. The molecular weight excluding hydrogens is 362 g/mol. The molecule has 1 heterocycles. The summed E-state index contributed by atoms with van der Waals surface area (Å²) in [5.74, 6) is 0.785. The molecule has 0 bridgehead atoms. The van der Waals surface area contributed by atoms with E-state index in [9.17, 15) is 9.59 Å². The van der Waals surface area contributed by atoms with Gasteiger partial charge >= 0.3 is 0 Å². The van der Waals surface area contributed by atoms with Gasteiger partial charge in [0, 0.05) is 24.7 Å². The normalized spacial score (nSPS) is 26.1. The smallest absolute Gasteiger partial charge is 0.227 e. The maximum atomic E-state index is 12.7. The summed E-state index contributed by atoms with van der Waals surface area (Å²) in [6.07, 6.45) is 6.17. The standard InChI is InChI=1S/C24H37N3O2/c1-24(2,3)20-10-8-18(9-11-20)23(29)26-21-12-6-17(7-13-21)15-27-14-4-5-19(16-27)22(25)28/h6-7,12-13,18-20H,4-5,8-11,14-16H2,1-3H3,(H2,25,28)(H,26,29). The molecule has 1 aliphatic carbocycles. The van der Waals surface area contributed by atoms with Crippen molar-refractivity contribution in [2.75, 3.05) is 18.4 Å². The summed E-state index contributed by atoms with van der Waals surface area (Å²) in [6, 6.07) is 8.12. The van der Waals surface area contributed by atoms with Gasteiger partial charge in [0.05, 0.1) is 5.92 Å². The number of nitrogens with one attached hydrogen (secondary N) is 1. The first-order valence-electron chi connectivity index (χ1n) is 11.1. The molecule has 3 rings (SSSR count). The summed E-state index contributed by atoms with van der Waals surface area (Å²) in [7, 11) is 0. The lowest BCUT2D eigenvalue weighted by Crippen LogP contribution is -2.40. The second-order valence-corrected chi connectivity index (χ2v) is 10.1. The van der Waals surface area contributed by atoms with Gasteiger partial charge in [0.25, 0.3) is 0 Å². The Hall–Kier alpha value is -1.88. The summed E-state index contributed by atoms with van der Waals surface area (Å²) in [5, 5.41) is 3.10. The zero-order chi connectivity index (χ0) is 21.0. The van der Waals surface area contributed by atoms with Crippen LogP contribution in [0.5, 0.6) is 0 Å². The molecule has 1 unspecified atom stereocenters. The minimum Gasteiger partial charge on any atom is -0.369 e. The molecule has 1 aliphatic heterocycles. The van der Waals surface area contributed by atoms with Crippen LogP contribution in [0.25, 0.3) is 0 Å². The minimum atomic E-state index is -0.190. The first-order valence-corrected chi connectivity index (χ1v) is 11.1. The predicted octanol–water partition coefficient (Wildman–Crippen LogP) is 4.17. The van der Waals surface area contributed by atoms with E-state index in [-0.39, 0.29) is 23.7 Å². The van der Waals surface area contributed by atoms with Crippen molar-refractivity contribution in [3.63, 3.8) is 0 Å². The number of hydrogen-bond acceptors (Lipinski definition) is 3. The van der Waals surface area contributed by atoms with Crippen LogP contribution in [0.15, 0.2) is 24.3 Å². The highest BCUT2D eigenvalue weighted by Gasteiger charge is 2.32. The Balaban J connectivity index is 1.48. The number of hydrogen-bond donors (Lipinski definition) is 2. The number of amides is 2. The second-order valence-electron chi connectivity index (χ2n) is 10.1. The number of nitrogens with two attached hydrogens (primary N) is 1. The number of nitrogens with zero attached hydrogens (tertiary/aromatic N) is 1. The third-order valence-electron chi connectivity index (χ3n) is 6.86. The average Bonchev–Trinajstić information content (AvgIpc) is 2.69. The third-order valence-corrected chi connectivity index (χ3v) is 6.86. The summed E-state index contributed by atoms with van der Waals surface area (Å²) in [4.78, 5) is 26.4. The van der Waals surface area contributed by atoms with E-state index in [2.05, 4.69) is 43.1 Å². The second kappa shape index (κ2) is 9.29. The molecule has 1 aromatic rings. The van der Waals surface area contributed by atoms with E-state index in [1.165, 1.54) is 5.56 Å². The zero-order valence-electron chi connectivity index (χ0n) is 18.2. The van der Waals surface area contributed by atoms with Crippen LogP contribution in [0.3, 0.4) is 0 Å². The van der Waals surface area contributed by atoms with Gasteiger partial charge < -0.3 is 11.1 Å². The fraction of sp³-hybridized carbons (Fsp3) is 0.667. The van der Waals surface area contributed by atoms with Crippen LogP contribution in [0.2, 0.25) is 0 Å². The van der Waals surface area contributed by atoms with E-state index in [1.54, 1.807) is 0 Å². The van der Waals surface area contributed by atoms with Crippen molar-refractivity contribution < 1.29 is 9.59 Å². The molecule has 5 heteroatoms. The molecule has 2 fully saturated rings. The largest absolute Gasteiger partial charge is 0.369 e. The van der Waals surface area contributed by atoms with E-state index in [0.29, 0.717) is 5.41 Å². The molecule has 0 spiro atoms. The molecule has 2 amide bonds. The number of likely N-dealkylation sites (tertiary alicyclic amines) is 1. The van der Waals surface area contributed by atoms with Crippen LogP contribution in [0, 0.1) is 23.2 Å². The first-order chi connectivity index (χ1) is 13.7. The molecule has 160 valence electrons. The number of benzene rings is 1. The fourth-order valence-electron chi connectivity index (χ4n) is 4.85. The Morgan fingerprint density at radius 1 is 1.03 bits per heavy atom. The molecule has 1 atom stereocenters. The summed E-state index contributed by atoms with van der Waals surface area (Å²) in [5.41, 5.74) is 7.87. The Kier molecular flexibility index (Phi) is 6.99. The van der Waals surface area contributed by atoms with E-state index < -0.39 is 0 Å². The van der Waals surface area contributed by atoms with Crippen molar-refractivity contribution in [2.24, 2.45) is 28.9 Å². The van der Waals surface area contributed by atoms with Crippen LogP contribution in [0.4, 0.5) is 5.69 Å². The van der Waals surface area contributed by atoms with Gasteiger partial charge in [-0.1, -0.05) is 32.9 Å². The quantitative estimate of drug-likeness (QED) is 0.780. The Morgan fingerprint density at radius 3 is 2.28 bits per heavy atom. The lowest BCUT2D eigenvalue weighted by Gasteiger charge is -2.36. The van der Waals surface area contributed by atoms with Crippen LogP contribution >= 0.6 is 0 Å². The van der Waals surface area contributed by atoms with Crippen molar-refractivity contribution in [1.29, 1.82) is 0 Å². The third kappa shape index (κ3) is 6.05. The van der Waals surface area contributed by atoms with E-state index in [1.807, 2.05) is 12.1 Å². The van der Waals surface area contributed by atoms with Crippen molar-refractivity contribution in [1.82, 2.24) is 4.90 Å². The van der Waals surface area contributed by atoms with Crippen molar-refractivity contribution >= 4 is 17.5 Å². The Bertz CT molecular complexity index is 700. The van der Waals surface area contributed by atoms with Crippen LogP contribution in [-0.4, -0.2) is 29.8 Å². The molecule has 1 saturated heterocycles. The maximum absolute atomic E-state index is 12.7. The molecule has 0 radical (unpaired) electrons. The van der Waals surface area contributed by atoms with Crippen molar-refractivity contribution in [2.45, 2.75) is 65.8 Å². The topological polar surface area (TPSA) is 75.4 Å². The fourth-order valence-corrected chi connectivity index (χ4v) is 4.85. The first kappa shape index (κ1) is 21.8. The molecule has 29 heavy (non-hydrogen) atoms. The van der Waals surface area contributed by atoms with E-state index in [4.69, 9.17) is 5.73 Å². The van der Waals surface area contributed by atoms with Gasteiger partial charge in [-0.2, -0.15) is 0 Å². The monoisotopic (exact) mass is 399 g/mol. The average molecular weight is 400 g/mol. The number of carbonyl (C=O) groups is 2. The van der Waals surface area contributed by atoms with Crippen molar-refractivity contribution in [3.8, 4) is 0 Å². The molecule has 0 aromatic heterocycles. The van der Waals surface area contributed by atoms with Gasteiger partial charge in [-0.15, -0.1) is 0 Å². The molecule has 1 saturated carbocycles. The number of primary amides is 1. The Morgan fingerprint density at radius 2 is 1.69 bits per heavy atom. The highest BCUT2D eigenvalue weighted by molar-refractivity contribution is 5.92. The van der Waals surface area contributed by atoms with E-state index >= 15 is 0 Å². The van der Waals surface area contributed by atoms with Crippen LogP contribution < -0.4 is 11.1 Å². The number of anilines is 1. The summed E-state index contributed by atoms with van der Waals surface area (Å²) >= 11 is 0. The van der Waals surface area contributed by atoms with Gasteiger partial charge in [-0.25, -0.2) is 0 Å². The lowest BCUT2D eigenvalue weighted by molar-refractivity contribution is -0.123. The summed E-state index contributed by atoms with van der Waals surface area (Å²) < 4.78 is 0. The number of carbonyl (C=O) groups excluding carboxylic acids is 2. The van der Waals surface area contributed by atoms with Crippen LogP contribution in [-0.2, 0) is 16.1 Å². The van der Waals surface area contributed by atoms with Gasteiger partial charge in [0.2, 0.25) is 11.8 Å². The van der Waals surface area contributed by atoms with Gasteiger partial charge in [0.1, 0.15) is 0 Å². The highest BCUT2D eigenvalue weighted by atomic mass is 16.2. The maximum Gasteiger partial charge on any atom is 0.227 e. The minimum absolute atomic E-state index is 0.0318. The SMILES string of the molecule is CC(C)(C)C1CCC(C(=O)Nc2ccc(CN3CCCC(C(N)=O)C3)cc2)CC1. The zero-order valence-corrected chi connectivity index (χ0v) is 18.2. The summed E-state index contributed by atoms with van der Waals surface area (Å²) in [6.45, 7) is 9.46. The lowest BCUT2D eigenvalue weighted by atomic mass is 9.69. The number of piperidine rings is 1. The van der Waals surface area contributed by atoms with Gasteiger partial charge in [-0.05, 0) is 74.1 Å². The van der Waals surface area contributed by atoms with Gasteiger partial charge in [0.15, 0.2) is 0 Å². The molecular formula is C24H37N3O2. The molecule has 2 aliphatic rings. The molecule has 3 N–H and O–H groups in total.